The number of anilines is 1. The van der Waals surface area contributed by atoms with Crippen molar-refractivity contribution in [3.8, 4) is 6.07 Å². The fourth-order valence-electron chi connectivity index (χ4n) is 6.33. The topological polar surface area (TPSA) is 199 Å². The van der Waals surface area contributed by atoms with Gasteiger partial charge in [0.25, 0.3) is 0 Å². The molecule has 2 aliphatic rings. The molecule has 5 N–H and O–H groups in total. The van der Waals surface area contributed by atoms with Gasteiger partial charge < -0.3 is 0 Å². The Hall–Kier alpha value is -2.50. The first kappa shape index (κ1) is 32.4. The van der Waals surface area contributed by atoms with E-state index in [1.54, 1.807) is 0 Å². The minimum atomic E-state index is -3.80. The molecule has 0 bridgehead atoms. The Morgan fingerprint density at radius 3 is 2.64 bits per heavy atom. The van der Waals surface area contributed by atoms with E-state index < -0.39 is 44.6 Å². The van der Waals surface area contributed by atoms with Gasteiger partial charge in [0.15, 0.2) is 0 Å². The van der Waals surface area contributed by atoms with Crippen molar-refractivity contribution in [3.05, 3.63) is 16.7 Å². The van der Waals surface area contributed by atoms with Crippen molar-refractivity contribution in [2.45, 2.75) is 109 Å². The van der Waals surface area contributed by atoms with Crippen molar-refractivity contribution in [2.24, 2.45) is 5.92 Å². The number of nitriles is 1. The standard InChI is InChI=1S/C27H44N7O7P/c1-16(2)34(17(3)4)42(39,13-7-12-28)41-23-19(14-35)40-26(22(23)37)33-15-29-21-24(33)31-27(32-25(21)38)30-20(36)11-10-18-8-5-6-9-18/h15-19,22-23,26,35,37,39,42H,5-11,13-14H2,1-4H3,(H2,30,31,32,36,38)/t19-,22-,23-,26-/m1/s1. The van der Waals surface area contributed by atoms with E-state index in [1.165, 1.54) is 23.7 Å². The van der Waals surface area contributed by atoms with Crippen molar-refractivity contribution in [1.82, 2.24) is 24.2 Å². The van der Waals surface area contributed by atoms with E-state index in [0.29, 0.717) is 12.3 Å². The van der Waals surface area contributed by atoms with Crippen LogP contribution in [0, 0.1) is 17.2 Å². The quantitative estimate of drug-likeness (QED) is 0.209. The number of nitrogens with one attached hydrogen (secondary N) is 2. The van der Waals surface area contributed by atoms with Crippen LogP contribution in [0.15, 0.2) is 11.1 Å². The molecule has 1 aliphatic carbocycles. The van der Waals surface area contributed by atoms with Crippen LogP contribution in [0.3, 0.4) is 0 Å². The number of carbonyl (C=O) groups is 1. The second-order valence-corrected chi connectivity index (χ2v) is 14.5. The number of rotatable bonds is 13. The molecule has 1 amide bonds. The number of hydrogen-bond donors (Lipinski definition) is 5. The third-order valence-corrected chi connectivity index (χ3v) is 11.5. The number of ether oxygens (including phenoxy) is 1. The summed E-state index contributed by atoms with van der Waals surface area (Å²) in [4.78, 5) is 48.3. The molecule has 2 aromatic heterocycles. The number of aromatic amines is 1. The molecule has 1 saturated heterocycles. The average molecular weight is 610 g/mol. The van der Waals surface area contributed by atoms with Crippen LogP contribution in [0.4, 0.5) is 5.95 Å². The van der Waals surface area contributed by atoms with Crippen LogP contribution < -0.4 is 10.9 Å². The summed E-state index contributed by atoms with van der Waals surface area (Å²) in [6, 6.07) is 1.81. The number of fused-ring (bicyclic) bond motifs is 1. The number of imidazole rings is 1. The van der Waals surface area contributed by atoms with Gasteiger partial charge in [-0.2, -0.15) is 0 Å². The molecular weight excluding hydrogens is 565 g/mol. The predicted molar refractivity (Wildman–Crippen MR) is 158 cm³/mol. The van der Waals surface area contributed by atoms with E-state index in [0.717, 1.165) is 19.3 Å². The van der Waals surface area contributed by atoms with Gasteiger partial charge >= 0.3 is 214 Å². The molecule has 2 aromatic rings. The number of aliphatic hydroxyl groups is 2. The van der Waals surface area contributed by atoms with Crippen molar-refractivity contribution < 1.29 is 29.2 Å². The second kappa shape index (κ2) is 13.9. The summed E-state index contributed by atoms with van der Waals surface area (Å²) in [5.41, 5.74) is -0.536. The van der Waals surface area contributed by atoms with Gasteiger partial charge in [-0.1, -0.05) is 25.7 Å². The first-order valence-electron chi connectivity index (χ1n) is 14.8. The number of nitrogens with zero attached hydrogens (tertiary/aromatic N) is 5. The summed E-state index contributed by atoms with van der Waals surface area (Å²) in [5.74, 6) is 0.228. The first-order valence-corrected chi connectivity index (χ1v) is 16.8. The summed E-state index contributed by atoms with van der Waals surface area (Å²) in [7, 11) is -3.80. The predicted octanol–water partition coefficient (Wildman–Crippen LogP) is 2.18. The Balaban J connectivity index is 1.58. The maximum absolute atomic E-state index is 12.8. The molecule has 15 heteroatoms. The molecule has 0 spiro atoms. The zero-order valence-electron chi connectivity index (χ0n) is 24.7. The molecule has 42 heavy (non-hydrogen) atoms. The van der Waals surface area contributed by atoms with Crippen molar-refractivity contribution in [1.29, 1.82) is 5.26 Å². The molecule has 4 rings (SSSR count). The Morgan fingerprint density at radius 1 is 1.33 bits per heavy atom. The van der Waals surface area contributed by atoms with E-state index in [4.69, 9.17) is 9.26 Å². The Kier molecular flexibility index (Phi) is 10.7. The fraction of sp³-hybridized carbons (Fsp3) is 0.741. The average Bonchev–Trinajstić information content (AvgIpc) is 3.66. The zero-order valence-corrected chi connectivity index (χ0v) is 25.7. The molecule has 1 aliphatic heterocycles. The fourth-order valence-corrected chi connectivity index (χ4v) is 9.61. The monoisotopic (exact) mass is 609 g/mol. The summed E-state index contributed by atoms with van der Waals surface area (Å²) < 4.78 is 15.4. The van der Waals surface area contributed by atoms with Gasteiger partial charge in [-0.25, -0.2) is 0 Å². The molecule has 14 nitrogen and oxygen atoms in total. The van der Waals surface area contributed by atoms with Crippen molar-refractivity contribution in [3.63, 3.8) is 0 Å². The SMILES string of the molecule is CC(C)N(C(C)C)[PH](O)(CCC#N)O[C@H]1[C@@H](O)[C@H](n2cnc3c(=O)[nH]c(NC(=O)CCC4CCCC4)nc32)O[C@@H]1CO. The number of hydrogen-bond acceptors (Lipinski definition) is 11. The number of aromatic nitrogens is 4. The Labute approximate surface area is 245 Å². The summed E-state index contributed by atoms with van der Waals surface area (Å²) >= 11 is 0. The minimum absolute atomic E-state index is 0.0228. The van der Waals surface area contributed by atoms with E-state index in [9.17, 15) is 30.0 Å². The summed E-state index contributed by atoms with van der Waals surface area (Å²) in [6.45, 7) is 7.12. The molecule has 3 heterocycles. The molecule has 234 valence electrons. The molecule has 0 radical (unpaired) electrons. The molecule has 0 aromatic carbocycles. The van der Waals surface area contributed by atoms with E-state index >= 15 is 0 Å². The van der Waals surface area contributed by atoms with Crippen LogP contribution in [0.5, 0.6) is 0 Å². The van der Waals surface area contributed by atoms with Gasteiger partial charge in [-0.05, 0) is 5.92 Å². The van der Waals surface area contributed by atoms with E-state index in [2.05, 4.69) is 26.3 Å². The van der Waals surface area contributed by atoms with E-state index in [1.807, 2.05) is 32.4 Å². The van der Waals surface area contributed by atoms with Crippen LogP contribution in [-0.4, -0.2) is 88.4 Å². The normalized spacial score (nSPS) is 23.8. The zero-order chi connectivity index (χ0) is 30.6. The maximum atomic E-state index is 12.8. The van der Waals surface area contributed by atoms with Crippen LogP contribution in [0.25, 0.3) is 11.2 Å². The van der Waals surface area contributed by atoms with Crippen LogP contribution >= 0.6 is 7.87 Å². The first-order chi connectivity index (χ1) is 20.0. The van der Waals surface area contributed by atoms with Crippen LogP contribution in [-0.2, 0) is 14.1 Å². The Morgan fingerprint density at radius 2 is 2.02 bits per heavy atom. The number of amides is 1. The van der Waals surface area contributed by atoms with Gasteiger partial charge in [0.2, 0.25) is 0 Å². The van der Waals surface area contributed by atoms with Gasteiger partial charge in [0, 0.05) is 0 Å². The van der Waals surface area contributed by atoms with Crippen molar-refractivity contribution >= 4 is 30.9 Å². The number of aliphatic hydroxyl groups excluding tert-OH is 2. The number of H-pyrrole nitrogens is 1. The molecule has 0 unspecified atom stereocenters. The molecule has 4 atom stereocenters. The van der Waals surface area contributed by atoms with Crippen LogP contribution in [0.2, 0.25) is 0 Å². The van der Waals surface area contributed by atoms with Gasteiger partial charge in [-0.3, -0.25) is 0 Å². The Bertz CT molecular complexity index is 1310. The number of carbonyl (C=O) groups excluding carboxylic acids is 1. The third kappa shape index (κ3) is 7.00. The van der Waals surface area contributed by atoms with E-state index in [-0.39, 0.29) is 47.7 Å². The van der Waals surface area contributed by atoms with Gasteiger partial charge in [0.05, 0.1) is 0 Å². The summed E-state index contributed by atoms with van der Waals surface area (Å²) in [6.07, 6.45) is 2.39. The molecular formula is C27H44N7O7P. The second-order valence-electron chi connectivity index (χ2n) is 11.8. The molecule has 2 fully saturated rings. The third-order valence-electron chi connectivity index (χ3n) is 8.11. The van der Waals surface area contributed by atoms with Crippen LogP contribution in [0.1, 0.15) is 78.9 Å². The summed E-state index contributed by atoms with van der Waals surface area (Å²) in [5, 5.41) is 33.5. The van der Waals surface area contributed by atoms with Gasteiger partial charge in [-0.15, -0.1) is 0 Å². The van der Waals surface area contributed by atoms with Gasteiger partial charge in [0.1, 0.15) is 0 Å². The molecule has 1 saturated carbocycles. The van der Waals surface area contributed by atoms with Crippen molar-refractivity contribution in [2.75, 3.05) is 18.1 Å².